The molecule has 0 N–H and O–H groups in total. The summed E-state index contributed by atoms with van der Waals surface area (Å²) in [6.45, 7) is 0.472. The van der Waals surface area contributed by atoms with Crippen LogP contribution in [0.2, 0.25) is 0 Å². The van der Waals surface area contributed by atoms with Gasteiger partial charge in [0.2, 0.25) is 0 Å². The van der Waals surface area contributed by atoms with Gasteiger partial charge in [-0.1, -0.05) is 223 Å². The molecule has 0 amide bonds. The van der Waals surface area contributed by atoms with Crippen LogP contribution in [0.5, 0.6) is 11.5 Å². The van der Waals surface area contributed by atoms with Gasteiger partial charge in [-0.15, -0.1) is 0 Å². The van der Waals surface area contributed by atoms with E-state index >= 15 is 0 Å². The highest BCUT2D eigenvalue weighted by Gasteiger charge is 2.39. The molecular formula is C80H80N4O. The molecule has 0 unspecified atom stereocenters. The number of nitrogens with zero attached hydrogens (tertiary/aromatic N) is 4. The van der Waals surface area contributed by atoms with Gasteiger partial charge in [0.1, 0.15) is 24.0 Å². The number of para-hydroxylation sites is 3. The van der Waals surface area contributed by atoms with Gasteiger partial charge in [0.15, 0.2) is 0 Å². The Kier molecular flexibility index (Phi) is 7.60. The van der Waals surface area contributed by atoms with E-state index < -0.39 is 151 Å². The maximum absolute atomic E-state index is 10.2. The first kappa shape index (κ1) is 31.5. The molecule has 2 aliphatic rings. The molecule has 0 atom stereocenters. The summed E-state index contributed by atoms with van der Waals surface area (Å²) in [7, 11) is 0. The zero-order valence-corrected chi connectivity index (χ0v) is 48.6. The zero-order chi connectivity index (χ0) is 84.3. The molecule has 2 aromatic heterocycles. The number of pyridine rings is 1. The molecule has 0 bridgehead atoms. The van der Waals surface area contributed by atoms with Gasteiger partial charge in [0.25, 0.3) is 0 Å². The first-order valence-electron chi connectivity index (χ1n) is 42.6. The largest absolute Gasteiger partial charge is 0.457 e. The molecule has 0 fully saturated rings. The second kappa shape index (κ2) is 20.5. The van der Waals surface area contributed by atoms with Crippen molar-refractivity contribution in [1.29, 1.82) is 0 Å². The van der Waals surface area contributed by atoms with Gasteiger partial charge in [0, 0.05) is 73.4 Å². The second-order valence-corrected chi connectivity index (χ2v) is 24.9. The lowest BCUT2D eigenvalue weighted by atomic mass is 9.63. The number of benzene rings is 9. The van der Waals surface area contributed by atoms with Gasteiger partial charge >= 0.3 is 0 Å². The van der Waals surface area contributed by atoms with Crippen LogP contribution in [0.3, 0.4) is 0 Å². The van der Waals surface area contributed by atoms with Gasteiger partial charge in [-0.3, -0.25) is 4.57 Å². The number of aromatic nitrogens is 2. The number of fused-ring (bicyclic) bond motifs is 5. The van der Waals surface area contributed by atoms with Crippen LogP contribution in [0.4, 0.5) is 22.7 Å². The molecule has 5 nitrogen and oxygen atoms in total. The maximum atomic E-state index is 10.2. The standard InChI is InChI=1S/C80H80N4O/c1-76(2,3)57-26-21-25-55(43-57)52-33-35-54(36-34-52)64-45-58(77(4,5)6)46-65(56-37-40-67-69(44-56)80(12,13)42-41-79(67,10)11)75(64)83-51-82(71-31-19-20-32-72(71)83)59-27-22-28-60(47-59)85-61-38-39-63-62-29-17-18-30-70(62)84(73(63)48-61)74-49-68(78(7,8)9)66(50-81-74)53-23-15-14-16-24-53/h14-40,43-50H,41-42,51H2,1-13H3/i10D3,11D3,12D3,13D3,14D,15D,16D,17D,18D,23D,24D,29D,30D,33D,34D,35D,36D,41D2,42D2. The highest BCUT2D eigenvalue weighted by molar-refractivity contribution is 6.09. The summed E-state index contributed by atoms with van der Waals surface area (Å²) in [6, 6.07) is 27.5. The molecule has 0 saturated carbocycles. The van der Waals surface area contributed by atoms with Gasteiger partial charge in [-0.2, -0.15) is 0 Å². The predicted molar refractivity (Wildman–Crippen MR) is 360 cm³/mol. The lowest BCUT2D eigenvalue weighted by molar-refractivity contribution is 0.332. The van der Waals surface area contributed by atoms with Crippen molar-refractivity contribution in [3.63, 3.8) is 0 Å². The monoisotopic (exact) mass is 1140 g/mol. The van der Waals surface area contributed by atoms with Crippen molar-refractivity contribution in [2.75, 3.05) is 16.5 Å². The summed E-state index contributed by atoms with van der Waals surface area (Å²) in [4.78, 5) is 8.45. The fourth-order valence-electron chi connectivity index (χ4n) is 11.4. The van der Waals surface area contributed by atoms with Crippen molar-refractivity contribution in [2.45, 2.75) is 130 Å². The maximum Gasteiger partial charge on any atom is 0.137 e. The Morgan fingerprint density at radius 2 is 1.13 bits per heavy atom. The molecule has 0 saturated heterocycles. The average molecular weight is 1140 g/mol. The lowest BCUT2D eigenvalue weighted by Gasteiger charge is -2.42. The predicted octanol–water partition coefficient (Wildman–Crippen LogP) is 22.1. The molecule has 1 aliphatic carbocycles. The SMILES string of the molecule is [2H]c1c([2H])c([2H])c(-c2cnc(-n3c4cc(Oc5cccc(N6CN(c7c(-c8ccc9c(c8)C(C([2H])([2H])[2H])(C([2H])([2H])[2H])C([2H])([2H])C([2H])([2H])C9(C([2H])([2H])[2H])C([2H])([2H])[2H])cc(C(C)(C)C)cc7-c7c([2H])c([2H])c(-c8cccc(C(C)(C)C)c8)c([2H])c7[2H])c7ccccc76)c5)ccc4c4c([2H])c([2H])c([2H])c([2H])c43)cc2C(C)(C)C)c([2H])c1[2H]. The lowest BCUT2D eigenvalue weighted by Crippen LogP contribution is -2.33. The van der Waals surface area contributed by atoms with Crippen molar-refractivity contribution < 1.29 is 44.5 Å². The van der Waals surface area contributed by atoms with Crippen molar-refractivity contribution in [3.8, 4) is 61.8 Å². The quantitative estimate of drug-likeness (QED) is 0.144. The fraction of sp³-hybridized carbons (Fsp3) is 0.263. The van der Waals surface area contributed by atoms with E-state index in [4.69, 9.17) is 35.8 Å². The molecule has 3 heterocycles. The molecule has 11 aromatic rings. The summed E-state index contributed by atoms with van der Waals surface area (Å²) in [5.74, 6) is 0.575. The minimum absolute atomic E-state index is 0.0101. The van der Waals surface area contributed by atoms with Gasteiger partial charge in [-0.25, -0.2) is 4.98 Å². The van der Waals surface area contributed by atoms with E-state index in [1.165, 1.54) is 12.3 Å². The van der Waals surface area contributed by atoms with E-state index in [1.54, 1.807) is 113 Å². The fourth-order valence-corrected chi connectivity index (χ4v) is 11.4. The third-order valence-electron chi connectivity index (χ3n) is 15.9. The van der Waals surface area contributed by atoms with Crippen LogP contribution < -0.4 is 14.5 Å². The summed E-state index contributed by atoms with van der Waals surface area (Å²) in [6.07, 6.45) is -7.33. The first-order chi connectivity index (χ1) is 52.4. The van der Waals surface area contributed by atoms with Crippen LogP contribution in [-0.2, 0) is 27.1 Å². The van der Waals surface area contributed by atoms with Crippen molar-refractivity contribution >= 4 is 44.6 Å². The molecule has 13 rings (SSSR count). The van der Waals surface area contributed by atoms with Crippen molar-refractivity contribution in [3.05, 3.63) is 240 Å². The Bertz CT molecular complexity index is 5760. The summed E-state index contributed by atoms with van der Waals surface area (Å²) >= 11 is 0. The van der Waals surface area contributed by atoms with E-state index in [1.807, 2.05) is 73.3 Å². The third-order valence-corrected chi connectivity index (χ3v) is 15.9. The smallest absolute Gasteiger partial charge is 0.137 e. The highest BCUT2D eigenvalue weighted by atomic mass is 16.5. The molecule has 1 aliphatic heterocycles. The van der Waals surface area contributed by atoms with Crippen molar-refractivity contribution in [1.82, 2.24) is 9.55 Å². The molecular weight excluding hydrogens is 1030 g/mol. The number of anilines is 4. The van der Waals surface area contributed by atoms with Crippen LogP contribution in [0, 0.1) is 0 Å². The topological polar surface area (TPSA) is 33.5 Å². The first-order valence-corrected chi connectivity index (χ1v) is 28.1. The molecule has 0 radical (unpaired) electrons. The number of ether oxygens (including phenoxy) is 1. The molecule has 85 heavy (non-hydrogen) atoms. The minimum atomic E-state index is -4.39. The van der Waals surface area contributed by atoms with Gasteiger partial charge in [0.05, 0.1) is 45.9 Å². The molecule has 5 heteroatoms. The van der Waals surface area contributed by atoms with Crippen LogP contribution in [0.15, 0.2) is 212 Å². The molecule has 9 aromatic carbocycles. The van der Waals surface area contributed by atoms with Crippen molar-refractivity contribution in [2.24, 2.45) is 0 Å². The van der Waals surface area contributed by atoms with Crippen LogP contribution in [-0.4, -0.2) is 16.2 Å². The Labute approximate surface area is 545 Å². The highest BCUT2D eigenvalue weighted by Crippen LogP contribution is 2.54. The Hall–Kier alpha value is -8.67. The average Bonchev–Trinajstić information content (AvgIpc) is 0.717. The summed E-state index contributed by atoms with van der Waals surface area (Å²) in [5.41, 5.74) is -8.82. The van der Waals surface area contributed by atoms with E-state index in [2.05, 4.69) is 0 Å². The molecule has 426 valence electrons. The summed E-state index contributed by atoms with van der Waals surface area (Å²) in [5, 5.41) is 0.520. The number of hydrogen-bond donors (Lipinski definition) is 0. The van der Waals surface area contributed by atoms with Gasteiger partial charge < -0.3 is 14.5 Å². The van der Waals surface area contributed by atoms with E-state index in [0.717, 1.165) is 17.7 Å². The van der Waals surface area contributed by atoms with Crippen LogP contribution in [0.25, 0.3) is 72.1 Å². The number of rotatable bonds is 9. The number of hydrogen-bond acceptors (Lipinski definition) is 4. The van der Waals surface area contributed by atoms with E-state index in [0.29, 0.717) is 44.7 Å². The minimum Gasteiger partial charge on any atom is -0.457 e. The molecule has 0 spiro atoms. The Morgan fingerprint density at radius 1 is 0.482 bits per heavy atom. The van der Waals surface area contributed by atoms with Crippen LogP contribution in [0.1, 0.15) is 170 Å². The van der Waals surface area contributed by atoms with E-state index in [9.17, 15) is 13.7 Å². The Balaban J connectivity index is 1.04. The van der Waals surface area contributed by atoms with Gasteiger partial charge in [-0.05, 0) is 156 Å². The zero-order valence-electron chi connectivity index (χ0n) is 77.6. The van der Waals surface area contributed by atoms with E-state index in [-0.39, 0.29) is 85.6 Å². The second-order valence-electron chi connectivity index (χ2n) is 24.9. The Morgan fingerprint density at radius 3 is 1.85 bits per heavy atom. The normalized spacial score (nSPS) is 21.6. The third kappa shape index (κ3) is 10.2. The summed E-state index contributed by atoms with van der Waals surface area (Å²) < 4.78 is 275. The van der Waals surface area contributed by atoms with Crippen LogP contribution >= 0.6 is 0 Å².